The molecule has 0 saturated heterocycles. The number of ether oxygens (including phenoxy) is 2. The van der Waals surface area contributed by atoms with Gasteiger partial charge in [0.2, 0.25) is 0 Å². The molecule has 0 radical (unpaired) electrons. The van der Waals surface area contributed by atoms with Crippen LogP contribution in [-0.4, -0.2) is 13.2 Å². The maximum Gasteiger partial charge on any atom is 0.138 e. The summed E-state index contributed by atoms with van der Waals surface area (Å²) in [6.45, 7) is 19.9. The molecule has 0 fully saturated rings. The lowest BCUT2D eigenvalue weighted by Crippen LogP contribution is -2.29. The van der Waals surface area contributed by atoms with Gasteiger partial charge in [0.25, 0.3) is 0 Å². The van der Waals surface area contributed by atoms with Gasteiger partial charge >= 0.3 is 0 Å². The molecule has 10 aromatic rings. The SMILES string of the molecule is CCCCCCc1ccc(C2(c3ccc(C)cc3)c3cc(-c4sccc4OCC(CC)CCCC)sc3-c3sc4c5c(sc4c32)-c2sc(-c3sccc3OCC(CC)CCCC)cc2C5(c2ccc(C)cc2)c2ccc(CCCCCC)cc2)cc1. The van der Waals surface area contributed by atoms with Crippen LogP contribution in [0.2, 0.25) is 0 Å². The van der Waals surface area contributed by atoms with E-state index in [-0.39, 0.29) is 0 Å². The molecule has 0 saturated carbocycles. The van der Waals surface area contributed by atoms with E-state index in [9.17, 15) is 0 Å². The van der Waals surface area contributed by atoms with Crippen molar-refractivity contribution < 1.29 is 9.47 Å². The van der Waals surface area contributed by atoms with E-state index in [1.165, 1.54) is 205 Å². The van der Waals surface area contributed by atoms with Crippen molar-refractivity contribution in [3.8, 4) is 50.5 Å². The van der Waals surface area contributed by atoms with Crippen molar-refractivity contribution in [3.05, 3.63) is 199 Å². The van der Waals surface area contributed by atoms with Crippen molar-refractivity contribution in [1.29, 1.82) is 0 Å². The molecule has 0 amide bonds. The Kier molecular flexibility index (Phi) is 19.5. The van der Waals surface area contributed by atoms with Crippen molar-refractivity contribution >= 4 is 77.4 Å². The van der Waals surface area contributed by atoms with Crippen LogP contribution in [0.25, 0.3) is 48.4 Å². The molecule has 0 N–H and O–H groups in total. The minimum atomic E-state index is -0.567. The van der Waals surface area contributed by atoms with Gasteiger partial charge in [-0.3, -0.25) is 0 Å². The number of rotatable bonds is 30. The van der Waals surface area contributed by atoms with E-state index < -0.39 is 10.8 Å². The van der Waals surface area contributed by atoms with E-state index in [1.54, 1.807) is 0 Å². The molecule has 86 heavy (non-hydrogen) atoms. The van der Waals surface area contributed by atoms with Crippen molar-refractivity contribution in [3.63, 3.8) is 0 Å². The van der Waals surface area contributed by atoms with Crippen LogP contribution in [0.15, 0.2) is 132 Å². The molecule has 6 aromatic heterocycles. The minimum absolute atomic E-state index is 0.556. The van der Waals surface area contributed by atoms with Crippen molar-refractivity contribution in [2.45, 2.75) is 182 Å². The highest BCUT2D eigenvalue weighted by atomic mass is 32.1. The molecule has 4 aromatic carbocycles. The van der Waals surface area contributed by atoms with Crippen molar-refractivity contribution in [2.75, 3.05) is 13.2 Å². The van der Waals surface area contributed by atoms with Crippen LogP contribution in [0, 0.1) is 25.7 Å². The Morgan fingerprint density at radius 1 is 0.384 bits per heavy atom. The number of hydrogen-bond donors (Lipinski definition) is 0. The highest BCUT2D eigenvalue weighted by Gasteiger charge is 2.55. The topological polar surface area (TPSA) is 18.5 Å². The first kappa shape index (κ1) is 61.2. The molecule has 2 nitrogen and oxygen atoms in total. The smallest absolute Gasteiger partial charge is 0.138 e. The van der Waals surface area contributed by atoms with Gasteiger partial charge in [-0.15, -0.1) is 68.0 Å². The molecule has 6 heterocycles. The Balaban J connectivity index is 1.10. The standard InChI is InChI=1S/C78H88O2S6/c1-9-15-19-21-25-55-31-39-59(40-32-55)77(57-35-27-51(7)28-36-57)61-47-65(71-63(43-45-81-71)79-49-53(13-5)23-17-11-3)83-69(61)73-67(77)75-76(85-73)68-74(86-75)70-62(48-66(84-70)72-64(44-46-82-72)80-50-54(14-6)24-18-12-4)78(68,58-37-29-52(8)30-38-58)60-41-33-56(34-42-60)26-22-20-16-10-2/h27-48,53-54H,9-26,49-50H2,1-8H3. The molecule has 4 atom stereocenters. The summed E-state index contributed by atoms with van der Waals surface area (Å²) in [6.07, 6.45) is 21.9. The van der Waals surface area contributed by atoms with Gasteiger partial charge in [-0.05, 0) is 144 Å². The first-order valence-corrected chi connectivity index (χ1v) is 37.9. The number of aryl methyl sites for hydroxylation is 4. The van der Waals surface area contributed by atoms with Crippen LogP contribution in [0.3, 0.4) is 0 Å². The quantitative estimate of drug-likeness (QED) is 0.0418. The Morgan fingerprint density at radius 3 is 1.12 bits per heavy atom. The molecule has 8 heteroatoms. The first-order chi connectivity index (χ1) is 42.2. The van der Waals surface area contributed by atoms with Gasteiger partial charge in [0.1, 0.15) is 11.5 Å². The lowest BCUT2D eigenvalue weighted by molar-refractivity contribution is 0.235. The molecule has 0 spiro atoms. The lowest BCUT2D eigenvalue weighted by Gasteiger charge is -2.34. The van der Waals surface area contributed by atoms with Gasteiger partial charge in [0.05, 0.1) is 62.7 Å². The molecule has 4 unspecified atom stereocenters. The number of thiophene rings is 6. The van der Waals surface area contributed by atoms with Crippen LogP contribution in [0.5, 0.6) is 11.5 Å². The Bertz CT molecular complexity index is 3580. The lowest BCUT2D eigenvalue weighted by atomic mass is 9.67. The molecule has 0 aliphatic heterocycles. The average molecular weight is 1250 g/mol. The summed E-state index contributed by atoms with van der Waals surface area (Å²) < 4.78 is 16.7. The number of fused-ring (bicyclic) bond motifs is 9. The van der Waals surface area contributed by atoms with Crippen LogP contribution in [-0.2, 0) is 23.7 Å². The Labute approximate surface area is 538 Å². The second-order valence-corrected chi connectivity index (χ2v) is 30.9. The van der Waals surface area contributed by atoms with Crippen molar-refractivity contribution in [2.24, 2.45) is 11.8 Å². The highest BCUT2D eigenvalue weighted by molar-refractivity contribution is 7.35. The molecule has 2 aliphatic carbocycles. The third-order valence-corrected chi connectivity index (χ3v) is 26.4. The van der Waals surface area contributed by atoms with Crippen LogP contribution < -0.4 is 9.47 Å². The maximum atomic E-state index is 6.90. The third kappa shape index (κ3) is 11.4. The summed E-state index contributed by atoms with van der Waals surface area (Å²) in [5, 5.41) is 4.50. The van der Waals surface area contributed by atoms with Crippen LogP contribution in [0.4, 0.5) is 0 Å². The molecule has 0 bridgehead atoms. The third-order valence-electron chi connectivity index (χ3n) is 19.1. The summed E-state index contributed by atoms with van der Waals surface area (Å²) >= 11 is 11.8. The molecule has 2 aliphatic rings. The van der Waals surface area contributed by atoms with E-state index >= 15 is 0 Å². The zero-order chi connectivity index (χ0) is 59.4. The fourth-order valence-corrected chi connectivity index (χ4v) is 21.7. The Morgan fingerprint density at radius 2 is 0.756 bits per heavy atom. The monoisotopic (exact) mass is 1250 g/mol. The summed E-state index contributed by atoms with van der Waals surface area (Å²) in [6, 6.07) is 49.0. The van der Waals surface area contributed by atoms with Crippen LogP contribution in [0.1, 0.15) is 211 Å². The average Bonchev–Trinajstić information content (AvgIpc) is 1.50. The number of hydrogen-bond acceptors (Lipinski definition) is 8. The second-order valence-electron chi connectivity index (χ2n) is 24.9. The van der Waals surface area contributed by atoms with E-state index in [0.29, 0.717) is 11.8 Å². The molecule has 12 rings (SSSR count). The summed E-state index contributed by atoms with van der Waals surface area (Å²) in [4.78, 5) is 10.8. The Hall–Kier alpha value is -5.06. The summed E-state index contributed by atoms with van der Waals surface area (Å²) in [5.41, 5.74) is 15.4. The fraction of sp³-hybridized carbons (Fsp3) is 0.410. The summed E-state index contributed by atoms with van der Waals surface area (Å²) in [5.74, 6) is 3.17. The van der Waals surface area contributed by atoms with E-state index in [0.717, 1.165) is 50.4 Å². The predicted molar refractivity (Wildman–Crippen MR) is 379 cm³/mol. The van der Waals surface area contributed by atoms with E-state index in [2.05, 4.69) is 210 Å². The largest absolute Gasteiger partial charge is 0.492 e. The van der Waals surface area contributed by atoms with Gasteiger partial charge in [-0.1, -0.05) is 227 Å². The maximum absolute atomic E-state index is 6.90. The zero-order valence-corrected chi connectivity index (χ0v) is 57.2. The zero-order valence-electron chi connectivity index (χ0n) is 52.3. The molecular weight excluding hydrogens is 1160 g/mol. The number of benzene rings is 4. The molecule has 448 valence electrons. The summed E-state index contributed by atoms with van der Waals surface area (Å²) in [7, 11) is 0. The van der Waals surface area contributed by atoms with Gasteiger partial charge in [-0.2, -0.15) is 0 Å². The fourth-order valence-electron chi connectivity index (χ4n) is 14.0. The van der Waals surface area contributed by atoms with Gasteiger partial charge < -0.3 is 9.47 Å². The molecular formula is C78H88O2S6. The van der Waals surface area contributed by atoms with E-state index in [4.69, 9.17) is 9.47 Å². The predicted octanol–water partition coefficient (Wildman–Crippen LogP) is 25.3. The normalized spacial score (nSPS) is 16.6. The van der Waals surface area contributed by atoms with Gasteiger partial charge in [-0.25, -0.2) is 0 Å². The minimum Gasteiger partial charge on any atom is -0.492 e. The second kappa shape index (κ2) is 27.4. The first-order valence-electron chi connectivity index (χ1n) is 32.8. The van der Waals surface area contributed by atoms with Crippen LogP contribution >= 0.6 is 68.0 Å². The van der Waals surface area contributed by atoms with Crippen molar-refractivity contribution in [1.82, 2.24) is 0 Å². The van der Waals surface area contributed by atoms with E-state index in [1.807, 2.05) is 45.3 Å². The van der Waals surface area contributed by atoms with Gasteiger partial charge in [0, 0.05) is 20.9 Å². The number of unbranched alkanes of at least 4 members (excludes halogenated alkanes) is 8. The van der Waals surface area contributed by atoms with Gasteiger partial charge in [0.15, 0.2) is 0 Å². The highest BCUT2D eigenvalue weighted by Crippen LogP contribution is 2.71.